The summed E-state index contributed by atoms with van der Waals surface area (Å²) in [5, 5.41) is 56.6. The van der Waals surface area contributed by atoms with Gasteiger partial charge in [-0.15, -0.1) is 0 Å². The second-order valence-electron chi connectivity index (χ2n) is 32.9. The van der Waals surface area contributed by atoms with Gasteiger partial charge in [0.05, 0.1) is 122 Å². The van der Waals surface area contributed by atoms with E-state index in [1.165, 1.54) is 59.2 Å². The summed E-state index contributed by atoms with van der Waals surface area (Å²) in [6.45, 7) is 29.1. The van der Waals surface area contributed by atoms with Gasteiger partial charge in [-0.05, 0) is 152 Å². The molecule has 0 aliphatic carbocycles. The molecule has 8 atom stereocenters. The van der Waals surface area contributed by atoms with Gasteiger partial charge in [0, 0.05) is 33.3 Å². The normalized spacial score (nSPS) is 14.2. The van der Waals surface area contributed by atoms with Crippen molar-refractivity contribution in [1.82, 2.24) is 0 Å². The molecule has 0 aromatic heterocycles. The molecule has 0 bridgehead atoms. The van der Waals surface area contributed by atoms with E-state index in [1.54, 1.807) is 74.9 Å². The SMILES string of the molecule is CCCCC(CC)C(=O)Oc1ccc(OC(=O)C(CC)CCCC)c2c1SC(=C(C#N)C#N)S2.CCCCC(CC)C(=O)Oc1ccc(OC(=O)C(CC)CCCC)c2c1SC(=C(C#N)S(=O)(=O)c1ccccc1)S2.CCCCC(CC)C(=O)Oc1ccc(OC(=O)C(CC)CCCC)c2c1SC(=C(C#N)S(C)(=O)=O)S2.COC(C)CCOc1ccc(OCCC(C)OC)c2c1SC(=C(C#N)C#N)S2. The van der Waals surface area contributed by atoms with Crippen molar-refractivity contribution in [2.24, 2.45) is 35.5 Å². The lowest BCUT2D eigenvalue weighted by atomic mass is 10.00. The molecule has 8 unspecified atom stereocenters. The molecule has 4 aliphatic rings. The van der Waals surface area contributed by atoms with Gasteiger partial charge in [0.1, 0.15) is 93.6 Å². The van der Waals surface area contributed by atoms with E-state index >= 15 is 0 Å². The number of nitrogens with zero attached hydrogens (tertiary/aromatic N) is 6. The fourth-order valence-corrected chi connectivity index (χ4v) is 27.3. The zero-order valence-electron chi connectivity index (χ0n) is 82.4. The van der Waals surface area contributed by atoms with Gasteiger partial charge in [0.25, 0.3) is 0 Å². The number of unbranched alkanes of at least 4 members (excludes halogenated alkanes) is 6. The zero-order valence-corrected chi connectivity index (χ0v) is 90.5. The van der Waals surface area contributed by atoms with E-state index in [0.717, 1.165) is 190 Å². The molecule has 4 aliphatic heterocycles. The lowest BCUT2D eigenvalue weighted by Crippen LogP contribution is -2.21. The van der Waals surface area contributed by atoms with E-state index < -0.39 is 24.6 Å². The Labute approximate surface area is 855 Å². The Kier molecular flexibility index (Phi) is 52.8. The first-order chi connectivity index (χ1) is 66.8. The van der Waals surface area contributed by atoms with Gasteiger partial charge < -0.3 is 47.4 Å². The highest BCUT2D eigenvalue weighted by atomic mass is 32.2. The average molecular weight is 2090 g/mol. The standard InChI is InChI=1S/C31H37NO6S3.C26H32N2O4S2.C26H35NO6S3.C20H24N2O4S2/c1-5-9-14-21(7-3)29(33)37-24-18-19-25(38-30(34)22(8-4)15-10-6-2)28-27(24)39-31(40-28)26(20-32)41(35,36)23-16-12-11-13-17-23;1-5-9-11-17(7-3)24(29)31-20-13-14-21(32-25(30)18(8-4)12-10-6-2)23-22(20)33-26(34-23)19(15-27)16-28;1-6-10-12-17(8-3)24(28)32-19-14-15-20(33-25(29)18(9-4)13-11-7-2)23-22(19)34-26(35-23)21(16-27)36(5,30)31;1-13(23-3)7-9-25-16-5-6-17(26-10-8-14(2)24-4)19-18(16)27-20(28-19)15(11-21)12-22/h11-13,16-19,21-22H,5-10,14-15H2,1-4H3;13-14,17-18H,5-12H2,1-4H3;14-15,17-18H,6-13H2,1-5H3;5-6,13-14H,7-10H2,1-4H3. The predicted molar refractivity (Wildman–Crippen MR) is 550 cm³/mol. The molecule has 4 heterocycles. The van der Waals surface area contributed by atoms with Crippen LogP contribution in [0, 0.1) is 103 Å². The third-order valence-corrected chi connectivity index (χ3v) is 36.7. The number of carbonyl (C=O) groups excluding carboxylic acids is 6. The quantitative estimate of drug-likeness (QED) is 0.0198. The molecule has 5 aromatic rings. The largest absolute Gasteiger partial charge is 0.492 e. The van der Waals surface area contributed by atoms with Crippen LogP contribution in [0.4, 0.5) is 0 Å². The van der Waals surface area contributed by atoms with Crippen LogP contribution in [0.3, 0.4) is 0 Å². The second-order valence-corrected chi connectivity index (χ2v) is 45.9. The summed E-state index contributed by atoms with van der Waals surface area (Å²) in [5.41, 5.74) is 0.0774. The fraction of sp³-hybridized carbons (Fsp3) is 0.515. The molecule has 36 heteroatoms. The van der Waals surface area contributed by atoms with Crippen molar-refractivity contribution in [1.29, 1.82) is 31.6 Å². The molecule has 0 fully saturated rings. The van der Waals surface area contributed by atoms with Crippen molar-refractivity contribution in [3.8, 4) is 82.4 Å². The van der Waals surface area contributed by atoms with Gasteiger partial charge in [-0.25, -0.2) is 16.8 Å². The molecule has 26 nitrogen and oxygen atoms in total. The van der Waals surface area contributed by atoms with Gasteiger partial charge >= 0.3 is 35.8 Å². The van der Waals surface area contributed by atoms with E-state index in [1.807, 2.05) is 97.9 Å². The van der Waals surface area contributed by atoms with Crippen LogP contribution in [-0.4, -0.2) is 98.5 Å². The number of hydrogen-bond acceptors (Lipinski definition) is 34. The number of sulfone groups is 2. The van der Waals surface area contributed by atoms with Crippen molar-refractivity contribution in [3.05, 3.63) is 117 Å². The predicted octanol–water partition coefficient (Wildman–Crippen LogP) is 27.3. The Morgan fingerprint density at radius 2 is 0.518 bits per heavy atom. The Bertz CT molecular complexity index is 5460. The number of thioether (sulfide) groups is 8. The molecule has 139 heavy (non-hydrogen) atoms. The van der Waals surface area contributed by atoms with Crippen LogP contribution in [0.25, 0.3) is 0 Å². The molecule has 750 valence electrons. The van der Waals surface area contributed by atoms with E-state index in [9.17, 15) is 77.2 Å². The van der Waals surface area contributed by atoms with Crippen LogP contribution in [0.5, 0.6) is 46.0 Å². The van der Waals surface area contributed by atoms with Crippen molar-refractivity contribution in [2.75, 3.05) is 33.7 Å². The molecule has 0 saturated heterocycles. The molecule has 9 rings (SSSR count). The van der Waals surface area contributed by atoms with E-state index in [4.69, 9.17) is 47.4 Å². The molecule has 0 saturated carbocycles. The summed E-state index contributed by atoms with van der Waals surface area (Å²) in [5.74, 6) is -0.255. The van der Waals surface area contributed by atoms with Gasteiger partial charge in [0.2, 0.25) is 9.84 Å². The summed E-state index contributed by atoms with van der Waals surface area (Å²) < 4.78 is 110. The monoisotopic (exact) mass is 2090 g/mol. The Balaban J connectivity index is 0.000000286. The Hall–Kier alpha value is -8.96. The van der Waals surface area contributed by atoms with Crippen LogP contribution in [0.1, 0.15) is 264 Å². The maximum Gasteiger partial charge on any atom is 0.314 e. The molecule has 5 aromatic carbocycles. The van der Waals surface area contributed by atoms with Gasteiger partial charge in [-0.2, -0.15) is 31.6 Å². The highest BCUT2D eigenvalue weighted by Crippen LogP contribution is 2.63. The molecule has 0 N–H and O–H groups in total. The minimum absolute atomic E-state index is 0.00271. The Morgan fingerprint density at radius 3 is 0.719 bits per heavy atom. The zero-order chi connectivity index (χ0) is 102. The molecule has 0 amide bonds. The number of rotatable bonds is 49. The summed E-state index contributed by atoms with van der Waals surface area (Å²) in [6.07, 6.45) is 22.4. The van der Waals surface area contributed by atoms with Crippen LogP contribution in [0.15, 0.2) is 161 Å². The maximum absolute atomic E-state index is 13.4. The third kappa shape index (κ3) is 34.7. The van der Waals surface area contributed by atoms with Crippen LogP contribution >= 0.6 is 94.1 Å². The highest BCUT2D eigenvalue weighted by molar-refractivity contribution is 8.26. The van der Waals surface area contributed by atoms with Gasteiger partial charge in [0.15, 0.2) is 19.6 Å². The van der Waals surface area contributed by atoms with Crippen LogP contribution < -0.4 is 37.9 Å². The topological polar surface area (TPSA) is 406 Å². The van der Waals surface area contributed by atoms with Gasteiger partial charge in [-0.1, -0.05) is 272 Å². The number of benzene rings is 5. The summed E-state index contributed by atoms with van der Waals surface area (Å²) in [4.78, 5) is 81.6. The smallest absolute Gasteiger partial charge is 0.314 e. The van der Waals surface area contributed by atoms with Crippen molar-refractivity contribution >= 4 is 150 Å². The highest BCUT2D eigenvalue weighted by Gasteiger charge is 2.40. The summed E-state index contributed by atoms with van der Waals surface area (Å²) in [6, 6.07) is 32.5. The first-order valence-corrected chi connectivity index (χ1v) is 57.3. The first kappa shape index (κ1) is 119. The number of carbonyl (C=O) groups is 6. The minimum Gasteiger partial charge on any atom is -0.492 e. The minimum atomic E-state index is -4.12. The van der Waals surface area contributed by atoms with Crippen molar-refractivity contribution in [3.63, 3.8) is 0 Å². The number of esters is 6. The summed E-state index contributed by atoms with van der Waals surface area (Å²) in [7, 11) is -4.55. The van der Waals surface area contributed by atoms with E-state index in [0.29, 0.717) is 114 Å². The molecular weight excluding hydrogens is 1960 g/mol. The van der Waals surface area contributed by atoms with E-state index in [-0.39, 0.29) is 136 Å². The molecular formula is C103H128N6O20S10. The van der Waals surface area contributed by atoms with E-state index in [2.05, 4.69) is 41.5 Å². The lowest BCUT2D eigenvalue weighted by molar-refractivity contribution is -0.140. The number of ether oxygens (including phenoxy) is 10. The maximum atomic E-state index is 13.4. The fourth-order valence-electron chi connectivity index (χ4n) is 13.9. The van der Waals surface area contributed by atoms with Crippen LogP contribution in [-0.2, 0) is 57.9 Å². The summed E-state index contributed by atoms with van der Waals surface area (Å²) >= 11 is 9.32. The first-order valence-electron chi connectivity index (χ1n) is 47.4. The van der Waals surface area contributed by atoms with Gasteiger partial charge in [-0.3, -0.25) is 28.8 Å². The number of allylic oxidation sites excluding steroid dienone is 4. The number of nitriles is 6. The number of methoxy groups -OCH3 is 2. The average Bonchev–Trinajstić information content (AvgIpc) is 1.61. The molecule has 0 spiro atoms. The van der Waals surface area contributed by atoms with Crippen molar-refractivity contribution in [2.45, 2.75) is 320 Å². The lowest BCUT2D eigenvalue weighted by Gasteiger charge is -2.17. The Morgan fingerprint density at radius 1 is 0.302 bits per heavy atom. The van der Waals surface area contributed by atoms with Crippen LogP contribution in [0.2, 0.25) is 0 Å². The van der Waals surface area contributed by atoms with Crippen molar-refractivity contribution < 1.29 is 93.0 Å². The number of hydrogen-bond donors (Lipinski definition) is 0. The third-order valence-electron chi connectivity index (χ3n) is 22.9. The number of fused-ring (bicyclic) bond motifs is 4. The second kappa shape index (κ2) is 61.8. The molecule has 0 radical (unpaired) electrons.